The van der Waals surface area contributed by atoms with Crippen LogP contribution in [-0.2, 0) is 14.8 Å². The van der Waals surface area contributed by atoms with Crippen molar-refractivity contribution in [1.29, 1.82) is 0 Å². The average molecular weight is 483 g/mol. The first-order chi connectivity index (χ1) is 13.7. The third kappa shape index (κ3) is 4.66. The van der Waals surface area contributed by atoms with Gasteiger partial charge in [0.2, 0.25) is 15.9 Å². The van der Waals surface area contributed by atoms with Gasteiger partial charge in [-0.05, 0) is 59.8 Å². The number of aromatic nitrogens is 4. The molecule has 0 bridgehead atoms. The second-order valence-corrected chi connectivity index (χ2v) is 9.03. The van der Waals surface area contributed by atoms with Gasteiger partial charge in [0.15, 0.2) is 5.82 Å². The Morgan fingerprint density at radius 3 is 2.55 bits per heavy atom. The number of amides is 1. The molecular formula is C17H16BrFN6O3S. The summed E-state index contributed by atoms with van der Waals surface area (Å²) >= 11 is 3.24. The van der Waals surface area contributed by atoms with E-state index < -0.39 is 28.3 Å². The lowest BCUT2D eigenvalue weighted by atomic mass is 10.2. The first-order valence-electron chi connectivity index (χ1n) is 8.25. The minimum Gasteiger partial charge on any atom is -0.322 e. The zero-order chi connectivity index (χ0) is 21.2. The van der Waals surface area contributed by atoms with Gasteiger partial charge in [0.1, 0.15) is 5.82 Å². The van der Waals surface area contributed by atoms with Gasteiger partial charge in [-0.2, -0.15) is 8.99 Å². The van der Waals surface area contributed by atoms with Gasteiger partial charge in [-0.15, -0.1) is 5.10 Å². The summed E-state index contributed by atoms with van der Waals surface area (Å²) < 4.78 is 42.3. The van der Waals surface area contributed by atoms with E-state index in [4.69, 9.17) is 0 Å². The Morgan fingerprint density at radius 1 is 1.24 bits per heavy atom. The smallest absolute Gasteiger partial charge is 0.243 e. The van der Waals surface area contributed by atoms with Crippen LogP contribution < -0.4 is 5.32 Å². The quantitative estimate of drug-likeness (QED) is 0.576. The largest absolute Gasteiger partial charge is 0.322 e. The Bertz CT molecular complexity index is 1150. The molecule has 0 spiro atoms. The number of carbonyl (C=O) groups is 1. The van der Waals surface area contributed by atoms with E-state index in [0.29, 0.717) is 11.5 Å². The number of aryl methyl sites for hydroxylation is 1. The van der Waals surface area contributed by atoms with Crippen LogP contribution in [0.5, 0.6) is 0 Å². The van der Waals surface area contributed by atoms with Crippen molar-refractivity contribution in [3.05, 3.63) is 58.6 Å². The number of tetrazole rings is 1. The maximum Gasteiger partial charge on any atom is 0.243 e. The molecule has 0 fully saturated rings. The summed E-state index contributed by atoms with van der Waals surface area (Å²) in [6.45, 7) is 1.18. The molecule has 1 amide bonds. The fraction of sp³-hybridized carbons (Fsp3) is 0.176. The molecule has 0 aliphatic heterocycles. The van der Waals surface area contributed by atoms with Crippen molar-refractivity contribution in [2.75, 3.05) is 18.9 Å². The fourth-order valence-corrected chi connectivity index (χ4v) is 3.87. The fourth-order valence-electron chi connectivity index (χ4n) is 2.47. The van der Waals surface area contributed by atoms with Crippen LogP contribution in [0, 0.1) is 12.7 Å². The molecule has 0 saturated heterocycles. The monoisotopic (exact) mass is 482 g/mol. The van der Waals surface area contributed by atoms with Crippen molar-refractivity contribution in [1.82, 2.24) is 24.5 Å². The highest BCUT2D eigenvalue weighted by Gasteiger charge is 2.23. The van der Waals surface area contributed by atoms with Crippen molar-refractivity contribution >= 4 is 37.5 Å². The summed E-state index contributed by atoms with van der Waals surface area (Å²) in [6.07, 6.45) is 0. The van der Waals surface area contributed by atoms with E-state index in [-0.39, 0.29) is 10.6 Å². The van der Waals surface area contributed by atoms with Gasteiger partial charge in [0.05, 0.1) is 22.8 Å². The van der Waals surface area contributed by atoms with Gasteiger partial charge in [-0.1, -0.05) is 15.9 Å². The molecule has 1 heterocycles. The molecule has 0 atom stereocenters. The summed E-state index contributed by atoms with van der Waals surface area (Å²) in [5, 5.41) is 13.4. The number of hydrogen-bond donors (Lipinski definition) is 1. The number of hydrogen-bond acceptors (Lipinski definition) is 6. The predicted molar refractivity (Wildman–Crippen MR) is 106 cm³/mol. The van der Waals surface area contributed by atoms with Crippen molar-refractivity contribution in [2.45, 2.75) is 11.8 Å². The van der Waals surface area contributed by atoms with E-state index in [1.807, 2.05) is 0 Å². The van der Waals surface area contributed by atoms with Crippen molar-refractivity contribution in [2.24, 2.45) is 0 Å². The van der Waals surface area contributed by atoms with Crippen LogP contribution in [-0.4, -0.2) is 52.4 Å². The van der Waals surface area contributed by atoms with Crippen molar-refractivity contribution in [3.63, 3.8) is 0 Å². The first-order valence-corrected chi connectivity index (χ1v) is 10.5. The van der Waals surface area contributed by atoms with E-state index in [2.05, 4.69) is 36.8 Å². The second kappa shape index (κ2) is 8.35. The Morgan fingerprint density at radius 2 is 1.93 bits per heavy atom. The summed E-state index contributed by atoms with van der Waals surface area (Å²) in [4.78, 5) is 12.4. The van der Waals surface area contributed by atoms with Crippen LogP contribution in [0.3, 0.4) is 0 Å². The molecule has 0 unspecified atom stereocenters. The molecule has 0 saturated carbocycles. The lowest BCUT2D eigenvalue weighted by molar-refractivity contribution is -0.116. The van der Waals surface area contributed by atoms with Gasteiger partial charge in [-0.25, -0.2) is 12.8 Å². The molecule has 0 aliphatic rings. The van der Waals surface area contributed by atoms with Crippen LogP contribution >= 0.6 is 15.9 Å². The molecule has 29 heavy (non-hydrogen) atoms. The third-order valence-corrected chi connectivity index (χ3v) is 6.33. The maximum atomic E-state index is 14.1. The van der Waals surface area contributed by atoms with E-state index in [1.165, 1.54) is 36.0 Å². The molecule has 0 aliphatic carbocycles. The Hall–Kier alpha value is -2.70. The summed E-state index contributed by atoms with van der Waals surface area (Å²) in [5.41, 5.74) is 0.330. The SMILES string of the molecule is Cc1nnnn1-c1ccc(F)c(NC(=O)CN(C)S(=O)(=O)c2ccc(Br)cc2)c1. The molecule has 9 nitrogen and oxygen atoms in total. The minimum atomic E-state index is -3.88. The summed E-state index contributed by atoms with van der Waals surface area (Å²) in [7, 11) is -2.60. The molecule has 1 N–H and O–H groups in total. The lowest BCUT2D eigenvalue weighted by Crippen LogP contribution is -2.35. The number of likely N-dealkylation sites (N-methyl/N-ethyl adjacent to an activating group) is 1. The van der Waals surface area contributed by atoms with E-state index in [0.717, 1.165) is 14.8 Å². The normalized spacial score (nSPS) is 11.6. The van der Waals surface area contributed by atoms with Crippen molar-refractivity contribution in [3.8, 4) is 5.69 Å². The number of benzene rings is 2. The molecule has 3 aromatic rings. The Balaban J connectivity index is 1.75. The second-order valence-electron chi connectivity index (χ2n) is 6.07. The summed E-state index contributed by atoms with van der Waals surface area (Å²) in [6, 6.07) is 9.99. The van der Waals surface area contributed by atoms with E-state index >= 15 is 0 Å². The van der Waals surface area contributed by atoms with Gasteiger partial charge in [0.25, 0.3) is 0 Å². The third-order valence-electron chi connectivity index (χ3n) is 3.98. The first kappa shape index (κ1) is 21.0. The van der Waals surface area contributed by atoms with Crippen LogP contribution in [0.4, 0.5) is 10.1 Å². The molecular weight excluding hydrogens is 467 g/mol. The number of carbonyl (C=O) groups excluding carboxylic acids is 1. The minimum absolute atomic E-state index is 0.0401. The number of halogens is 2. The van der Waals surface area contributed by atoms with E-state index in [1.54, 1.807) is 19.1 Å². The number of sulfonamides is 1. The van der Waals surface area contributed by atoms with Gasteiger partial charge in [0, 0.05) is 11.5 Å². The van der Waals surface area contributed by atoms with Crippen LogP contribution in [0.25, 0.3) is 5.69 Å². The van der Waals surface area contributed by atoms with Crippen LogP contribution in [0.2, 0.25) is 0 Å². The van der Waals surface area contributed by atoms with Crippen LogP contribution in [0.15, 0.2) is 51.8 Å². The molecule has 3 rings (SSSR count). The lowest BCUT2D eigenvalue weighted by Gasteiger charge is -2.17. The highest BCUT2D eigenvalue weighted by molar-refractivity contribution is 9.10. The molecule has 12 heteroatoms. The Kier molecular flexibility index (Phi) is 6.05. The standard InChI is InChI=1S/C17H16BrFN6O3S/c1-11-21-22-23-25(11)13-5-8-15(19)16(9-13)20-17(26)10-24(2)29(27,28)14-6-3-12(18)4-7-14/h3-9H,10H2,1-2H3,(H,20,26). The summed E-state index contributed by atoms with van der Waals surface area (Å²) in [5.74, 6) is -0.891. The highest BCUT2D eigenvalue weighted by Crippen LogP contribution is 2.20. The predicted octanol–water partition coefficient (Wildman–Crippen LogP) is 2.13. The van der Waals surface area contributed by atoms with Gasteiger partial charge >= 0.3 is 0 Å². The number of anilines is 1. The average Bonchev–Trinajstić information content (AvgIpc) is 3.09. The van der Waals surface area contributed by atoms with Crippen molar-refractivity contribution < 1.29 is 17.6 Å². The zero-order valence-corrected chi connectivity index (χ0v) is 17.8. The maximum absolute atomic E-state index is 14.1. The number of nitrogens with zero attached hydrogens (tertiary/aromatic N) is 5. The highest BCUT2D eigenvalue weighted by atomic mass is 79.9. The number of nitrogens with one attached hydrogen (secondary N) is 1. The van der Waals surface area contributed by atoms with Gasteiger partial charge < -0.3 is 5.32 Å². The molecule has 0 radical (unpaired) electrons. The number of rotatable bonds is 6. The van der Waals surface area contributed by atoms with E-state index in [9.17, 15) is 17.6 Å². The zero-order valence-electron chi connectivity index (χ0n) is 15.4. The molecule has 152 valence electrons. The van der Waals surface area contributed by atoms with Crippen LogP contribution in [0.1, 0.15) is 5.82 Å². The topological polar surface area (TPSA) is 110 Å². The van der Waals surface area contributed by atoms with Gasteiger partial charge in [-0.3, -0.25) is 4.79 Å². The molecule has 2 aromatic carbocycles. The Labute approximate surface area is 174 Å². The molecule has 1 aromatic heterocycles.